The van der Waals surface area contributed by atoms with Gasteiger partial charge in [0.2, 0.25) is 0 Å². The Morgan fingerprint density at radius 2 is 1.91 bits per heavy atom. The maximum Gasteiger partial charge on any atom is 0.453 e. The second-order valence-corrected chi connectivity index (χ2v) is 6.87. The van der Waals surface area contributed by atoms with Crippen LogP contribution in [0.1, 0.15) is 34.8 Å². The first kappa shape index (κ1) is 21.9. The molecule has 0 aliphatic heterocycles. The normalized spacial score (nSPS) is 12.4. The molecule has 1 unspecified atom stereocenters. The molecule has 1 N–H and O–H groups in total. The summed E-state index contributed by atoms with van der Waals surface area (Å²) in [5, 5.41) is 12.3. The van der Waals surface area contributed by atoms with Crippen LogP contribution in [0.3, 0.4) is 0 Å². The van der Waals surface area contributed by atoms with Gasteiger partial charge in [0.15, 0.2) is 0 Å². The van der Waals surface area contributed by atoms with Gasteiger partial charge in [-0.3, -0.25) is 19.7 Å². The van der Waals surface area contributed by atoms with Gasteiger partial charge >= 0.3 is 6.18 Å². The van der Waals surface area contributed by atoms with E-state index in [-0.39, 0.29) is 22.5 Å². The van der Waals surface area contributed by atoms with Gasteiger partial charge in [0.1, 0.15) is 5.82 Å². The van der Waals surface area contributed by atoms with Crippen molar-refractivity contribution in [2.45, 2.75) is 19.1 Å². The summed E-state index contributed by atoms with van der Waals surface area (Å²) in [5.74, 6) is -2.56. The zero-order chi connectivity index (χ0) is 23.6. The molecular weight excluding hydrogens is 444 g/mol. The zero-order valence-electron chi connectivity index (χ0n) is 16.8. The molecule has 0 bridgehead atoms. The third-order valence-corrected chi connectivity index (χ3v) is 4.55. The summed E-state index contributed by atoms with van der Waals surface area (Å²) in [5.41, 5.74) is 0.854. The van der Waals surface area contributed by atoms with Gasteiger partial charge in [-0.2, -0.15) is 17.9 Å². The highest BCUT2D eigenvalue weighted by Gasteiger charge is 2.38. The lowest BCUT2D eigenvalue weighted by molar-refractivity contribution is -0.146. The van der Waals surface area contributed by atoms with Crippen molar-refractivity contribution in [1.82, 2.24) is 40.5 Å². The van der Waals surface area contributed by atoms with Crippen LogP contribution in [0.15, 0.2) is 55.1 Å². The number of hydrogen-bond acceptors (Lipinski definition) is 7. The second-order valence-electron chi connectivity index (χ2n) is 6.87. The van der Waals surface area contributed by atoms with E-state index in [2.05, 4.69) is 35.8 Å². The molecule has 0 spiro atoms. The third kappa shape index (κ3) is 4.81. The summed E-state index contributed by atoms with van der Waals surface area (Å²) in [6, 6.07) is 5.87. The summed E-state index contributed by atoms with van der Waals surface area (Å²) in [6.45, 7) is 1.68. The number of carbonyl (C=O) groups excluding carboxylic acids is 1. The Labute approximate surface area is 183 Å². The fourth-order valence-electron chi connectivity index (χ4n) is 2.98. The highest BCUT2D eigenvalue weighted by molar-refractivity contribution is 5.96. The number of nitrogens with zero attached hydrogens (tertiary/aromatic N) is 7. The molecule has 3 heterocycles. The maximum atomic E-state index is 13.3. The van der Waals surface area contributed by atoms with Crippen molar-refractivity contribution in [3.63, 3.8) is 0 Å². The number of benzene rings is 1. The molecule has 0 saturated heterocycles. The van der Waals surface area contributed by atoms with Gasteiger partial charge in [0.05, 0.1) is 35.5 Å². The molecule has 33 heavy (non-hydrogen) atoms. The van der Waals surface area contributed by atoms with E-state index in [4.69, 9.17) is 0 Å². The SMILES string of the molecule is CC(NC(=O)c1cc(-c2ccc(F)cn2)cc(-n2nnnc2C(F)(F)F)c1)c1cnccn1. The quantitative estimate of drug-likeness (QED) is 0.457. The second kappa shape index (κ2) is 8.68. The van der Waals surface area contributed by atoms with Crippen molar-refractivity contribution in [3.8, 4) is 16.9 Å². The highest BCUT2D eigenvalue weighted by Crippen LogP contribution is 2.30. The Morgan fingerprint density at radius 3 is 2.58 bits per heavy atom. The third-order valence-electron chi connectivity index (χ3n) is 4.55. The van der Waals surface area contributed by atoms with E-state index in [0.29, 0.717) is 10.4 Å². The molecule has 0 aliphatic carbocycles. The number of rotatable bonds is 5. The molecule has 4 rings (SSSR count). The highest BCUT2D eigenvalue weighted by atomic mass is 19.4. The largest absolute Gasteiger partial charge is 0.453 e. The van der Waals surface area contributed by atoms with Crippen LogP contribution in [-0.2, 0) is 6.18 Å². The minimum absolute atomic E-state index is 0.00740. The number of alkyl halides is 3. The molecule has 0 radical (unpaired) electrons. The van der Waals surface area contributed by atoms with Crippen LogP contribution in [0.4, 0.5) is 17.6 Å². The van der Waals surface area contributed by atoms with Crippen LogP contribution in [0.2, 0.25) is 0 Å². The van der Waals surface area contributed by atoms with E-state index < -0.39 is 29.8 Å². The first-order valence-corrected chi connectivity index (χ1v) is 9.42. The van der Waals surface area contributed by atoms with Crippen LogP contribution in [0.25, 0.3) is 16.9 Å². The average Bonchev–Trinajstić information content (AvgIpc) is 3.31. The van der Waals surface area contributed by atoms with E-state index >= 15 is 0 Å². The Balaban J connectivity index is 1.77. The number of halogens is 4. The van der Waals surface area contributed by atoms with Gasteiger partial charge in [-0.1, -0.05) is 0 Å². The molecule has 1 amide bonds. The number of pyridine rings is 1. The monoisotopic (exact) mass is 458 g/mol. The first-order chi connectivity index (χ1) is 15.7. The van der Waals surface area contributed by atoms with Crippen LogP contribution in [0.5, 0.6) is 0 Å². The lowest BCUT2D eigenvalue weighted by Gasteiger charge is -2.15. The molecule has 0 aliphatic rings. The van der Waals surface area contributed by atoms with E-state index in [1.807, 2.05) is 0 Å². The van der Waals surface area contributed by atoms with E-state index in [1.165, 1.54) is 42.9 Å². The molecular formula is C20H14F4N8O. The number of aromatic nitrogens is 7. The van der Waals surface area contributed by atoms with Crippen molar-refractivity contribution in [1.29, 1.82) is 0 Å². The van der Waals surface area contributed by atoms with Crippen molar-refractivity contribution in [2.24, 2.45) is 0 Å². The van der Waals surface area contributed by atoms with E-state index in [0.717, 1.165) is 12.3 Å². The number of carbonyl (C=O) groups is 1. The average molecular weight is 458 g/mol. The van der Waals surface area contributed by atoms with Gasteiger partial charge in [0.25, 0.3) is 11.7 Å². The lowest BCUT2D eigenvalue weighted by Crippen LogP contribution is -2.27. The molecule has 4 aromatic rings. The minimum atomic E-state index is -4.84. The maximum absolute atomic E-state index is 13.3. The Hall–Kier alpha value is -4.29. The molecule has 1 atom stereocenters. The molecule has 13 heteroatoms. The molecule has 9 nitrogen and oxygen atoms in total. The standard InChI is InChI=1S/C20H14F4N8O/c1-11(17-10-25-4-5-26-17)28-18(33)13-6-12(16-3-2-14(21)9-27-16)7-15(8-13)32-19(20(22,23)24)29-30-31-32/h2-11H,1H3,(H,28,33). The number of tetrazole rings is 1. The van der Waals surface area contributed by atoms with Crippen LogP contribution >= 0.6 is 0 Å². The van der Waals surface area contributed by atoms with Crippen molar-refractivity contribution >= 4 is 5.91 Å². The van der Waals surface area contributed by atoms with Crippen molar-refractivity contribution in [2.75, 3.05) is 0 Å². The van der Waals surface area contributed by atoms with Gasteiger partial charge < -0.3 is 5.32 Å². The topological polar surface area (TPSA) is 111 Å². The molecule has 0 fully saturated rings. The fourth-order valence-corrected chi connectivity index (χ4v) is 2.98. The van der Waals surface area contributed by atoms with E-state index in [9.17, 15) is 22.4 Å². The molecule has 3 aromatic heterocycles. The molecule has 1 aromatic carbocycles. The summed E-state index contributed by atoms with van der Waals surface area (Å²) >= 11 is 0. The van der Waals surface area contributed by atoms with Gasteiger partial charge in [-0.05, 0) is 47.7 Å². The molecule has 168 valence electrons. The smallest absolute Gasteiger partial charge is 0.344 e. The lowest BCUT2D eigenvalue weighted by atomic mass is 10.0. The van der Waals surface area contributed by atoms with Gasteiger partial charge in [-0.25, -0.2) is 4.39 Å². The van der Waals surface area contributed by atoms with Gasteiger partial charge in [0, 0.05) is 23.5 Å². The minimum Gasteiger partial charge on any atom is -0.344 e. The summed E-state index contributed by atoms with van der Waals surface area (Å²) in [7, 11) is 0. The first-order valence-electron chi connectivity index (χ1n) is 9.42. The molecule has 0 saturated carbocycles. The zero-order valence-corrected chi connectivity index (χ0v) is 16.8. The number of amides is 1. The van der Waals surface area contributed by atoms with E-state index in [1.54, 1.807) is 6.92 Å². The summed E-state index contributed by atoms with van der Waals surface area (Å²) in [4.78, 5) is 24.9. The Bertz CT molecular complexity index is 1280. The van der Waals surface area contributed by atoms with Crippen LogP contribution in [-0.4, -0.2) is 41.1 Å². The van der Waals surface area contributed by atoms with Crippen LogP contribution < -0.4 is 5.32 Å². The fraction of sp³-hybridized carbons (Fsp3) is 0.150. The Kier molecular flexibility index (Phi) is 5.77. The predicted octanol–water partition coefficient (Wildman–Crippen LogP) is 3.16. The van der Waals surface area contributed by atoms with Crippen LogP contribution in [0, 0.1) is 5.82 Å². The summed E-state index contributed by atoms with van der Waals surface area (Å²) < 4.78 is 53.8. The number of hydrogen-bond donors (Lipinski definition) is 1. The number of nitrogens with one attached hydrogen (secondary N) is 1. The summed E-state index contributed by atoms with van der Waals surface area (Å²) in [6.07, 6.45) is 0.541. The Morgan fingerprint density at radius 1 is 1.09 bits per heavy atom. The van der Waals surface area contributed by atoms with Gasteiger partial charge in [-0.15, -0.1) is 5.10 Å². The van der Waals surface area contributed by atoms with Crippen molar-refractivity contribution < 1.29 is 22.4 Å². The van der Waals surface area contributed by atoms with Crippen molar-refractivity contribution in [3.05, 3.63) is 78.0 Å². The predicted molar refractivity (Wildman–Crippen MR) is 105 cm³/mol.